The fourth-order valence-corrected chi connectivity index (χ4v) is 3.56. The van der Waals surface area contributed by atoms with E-state index in [9.17, 15) is 8.42 Å². The van der Waals surface area contributed by atoms with Crippen molar-refractivity contribution in [2.75, 3.05) is 11.3 Å². The van der Waals surface area contributed by atoms with E-state index in [0.717, 1.165) is 5.56 Å². The van der Waals surface area contributed by atoms with Crippen molar-refractivity contribution in [2.24, 2.45) is 0 Å². The highest BCUT2D eigenvalue weighted by Gasteiger charge is 2.20. The normalized spacial score (nSPS) is 11.4. The van der Waals surface area contributed by atoms with Crippen molar-refractivity contribution in [1.82, 2.24) is 9.97 Å². The monoisotopic (exact) mass is 343 g/mol. The summed E-state index contributed by atoms with van der Waals surface area (Å²) in [5.74, 6) is 0.826. The Morgan fingerprint density at radius 1 is 1.12 bits per heavy atom. The molecule has 1 aromatic carbocycles. The lowest BCUT2D eigenvalue weighted by Crippen LogP contribution is -2.14. The Kier molecular flexibility index (Phi) is 4.35. The lowest BCUT2D eigenvalue weighted by Gasteiger charge is -2.12. The summed E-state index contributed by atoms with van der Waals surface area (Å²) < 4.78 is 33.5. The number of aryl methyl sites for hydroxylation is 1. The topological polar surface area (TPSA) is 81.2 Å². The largest absolute Gasteiger partial charge is 0.492 e. The van der Waals surface area contributed by atoms with E-state index in [4.69, 9.17) is 4.74 Å². The maximum absolute atomic E-state index is 12.7. The maximum Gasteiger partial charge on any atom is 0.263 e. The highest BCUT2D eigenvalue weighted by atomic mass is 32.2. The van der Waals surface area contributed by atoms with E-state index in [-0.39, 0.29) is 10.7 Å². The molecule has 2 heterocycles. The van der Waals surface area contributed by atoms with Gasteiger partial charge in [0.1, 0.15) is 17.1 Å². The van der Waals surface area contributed by atoms with Crippen LogP contribution in [0.15, 0.2) is 53.7 Å². The quantitative estimate of drug-likeness (QED) is 0.770. The Bertz CT molecular complexity index is 970. The number of nitrogens with zero attached hydrogens (tertiary/aromatic N) is 2. The number of ether oxygens (including phenoxy) is 1. The van der Waals surface area contributed by atoms with Crippen molar-refractivity contribution in [3.63, 3.8) is 0 Å². The average molecular weight is 343 g/mol. The van der Waals surface area contributed by atoms with E-state index < -0.39 is 10.0 Å². The van der Waals surface area contributed by atoms with Gasteiger partial charge in [-0.25, -0.2) is 13.4 Å². The second-order valence-corrected chi connectivity index (χ2v) is 6.87. The van der Waals surface area contributed by atoms with Crippen molar-refractivity contribution in [1.29, 1.82) is 0 Å². The molecule has 0 fully saturated rings. The second kappa shape index (κ2) is 6.45. The molecule has 7 heteroatoms. The molecule has 0 saturated heterocycles. The van der Waals surface area contributed by atoms with Crippen LogP contribution in [0.25, 0.3) is 10.9 Å². The number of nitrogens with one attached hydrogen (secondary N) is 1. The summed E-state index contributed by atoms with van der Waals surface area (Å²) >= 11 is 0. The van der Waals surface area contributed by atoms with Crippen molar-refractivity contribution < 1.29 is 13.2 Å². The number of aromatic nitrogens is 2. The number of benzene rings is 1. The van der Waals surface area contributed by atoms with E-state index in [1.807, 2.05) is 13.8 Å². The SMILES string of the molecule is CCOc1ccc(S(=O)(=O)Nc2ccc(C)cn2)c2cccnc12. The van der Waals surface area contributed by atoms with Gasteiger partial charge in [-0.05, 0) is 49.7 Å². The zero-order chi connectivity index (χ0) is 17.2. The molecular formula is C17H17N3O3S. The van der Waals surface area contributed by atoms with Gasteiger partial charge >= 0.3 is 0 Å². The third kappa shape index (κ3) is 3.16. The molecule has 1 N–H and O–H groups in total. The van der Waals surface area contributed by atoms with Crippen LogP contribution in [-0.4, -0.2) is 25.0 Å². The number of rotatable bonds is 5. The van der Waals surface area contributed by atoms with E-state index >= 15 is 0 Å². The Morgan fingerprint density at radius 3 is 2.67 bits per heavy atom. The second-order valence-electron chi connectivity index (χ2n) is 5.22. The van der Waals surface area contributed by atoms with Gasteiger partial charge in [0, 0.05) is 17.8 Å². The molecule has 0 bridgehead atoms. The number of pyridine rings is 2. The van der Waals surface area contributed by atoms with Crippen LogP contribution >= 0.6 is 0 Å². The van der Waals surface area contributed by atoms with Gasteiger partial charge in [0.15, 0.2) is 0 Å². The predicted octanol–water partition coefficient (Wildman–Crippen LogP) is 3.14. The van der Waals surface area contributed by atoms with Gasteiger partial charge in [-0.3, -0.25) is 9.71 Å². The number of hydrogen-bond acceptors (Lipinski definition) is 5. The third-order valence-electron chi connectivity index (χ3n) is 3.43. The number of hydrogen-bond donors (Lipinski definition) is 1. The predicted molar refractivity (Wildman–Crippen MR) is 92.7 cm³/mol. The lowest BCUT2D eigenvalue weighted by molar-refractivity contribution is 0.343. The summed E-state index contributed by atoms with van der Waals surface area (Å²) in [4.78, 5) is 8.48. The molecule has 0 spiro atoms. The molecule has 0 aliphatic carbocycles. The summed E-state index contributed by atoms with van der Waals surface area (Å²) in [6, 6.07) is 9.97. The van der Waals surface area contributed by atoms with Gasteiger partial charge in [0.2, 0.25) is 0 Å². The van der Waals surface area contributed by atoms with Crippen LogP contribution in [0.5, 0.6) is 5.75 Å². The number of sulfonamides is 1. The standard InChI is InChI=1S/C17H17N3O3S/c1-3-23-14-7-8-15(13-5-4-10-18-17(13)14)24(21,22)20-16-9-6-12(2)11-19-16/h4-11H,3H2,1-2H3,(H,19,20). The van der Waals surface area contributed by atoms with Crippen molar-refractivity contribution >= 4 is 26.7 Å². The van der Waals surface area contributed by atoms with Gasteiger partial charge < -0.3 is 4.74 Å². The van der Waals surface area contributed by atoms with Gasteiger partial charge in [0.25, 0.3) is 10.0 Å². The third-order valence-corrected chi connectivity index (χ3v) is 4.85. The first-order valence-electron chi connectivity index (χ1n) is 7.47. The van der Waals surface area contributed by atoms with Gasteiger partial charge in [-0.15, -0.1) is 0 Å². The molecule has 0 radical (unpaired) electrons. The van der Waals surface area contributed by atoms with E-state index in [0.29, 0.717) is 23.3 Å². The van der Waals surface area contributed by atoms with Crippen LogP contribution in [0.3, 0.4) is 0 Å². The van der Waals surface area contributed by atoms with Gasteiger partial charge in [0.05, 0.1) is 11.5 Å². The molecule has 0 atom stereocenters. The van der Waals surface area contributed by atoms with Crippen LogP contribution in [0.4, 0.5) is 5.82 Å². The Balaban J connectivity index is 2.08. The minimum absolute atomic E-state index is 0.136. The molecule has 2 aromatic heterocycles. The molecule has 0 unspecified atom stereocenters. The molecule has 3 rings (SSSR count). The molecule has 0 saturated carbocycles. The van der Waals surface area contributed by atoms with Crippen LogP contribution < -0.4 is 9.46 Å². The van der Waals surface area contributed by atoms with E-state index in [2.05, 4.69) is 14.7 Å². The summed E-state index contributed by atoms with van der Waals surface area (Å²) in [5, 5.41) is 0.503. The highest BCUT2D eigenvalue weighted by Crippen LogP contribution is 2.30. The van der Waals surface area contributed by atoms with Crippen LogP contribution in [0.2, 0.25) is 0 Å². The molecule has 0 aliphatic heterocycles. The summed E-state index contributed by atoms with van der Waals surface area (Å²) in [6.45, 7) is 4.23. The van der Waals surface area contributed by atoms with Crippen molar-refractivity contribution in [3.8, 4) is 5.75 Å². The molecule has 124 valence electrons. The summed E-state index contributed by atoms with van der Waals surface area (Å²) in [7, 11) is -3.79. The zero-order valence-corrected chi connectivity index (χ0v) is 14.2. The van der Waals surface area contributed by atoms with Gasteiger partial charge in [-0.1, -0.05) is 6.07 Å². The molecule has 0 amide bonds. The number of fused-ring (bicyclic) bond motifs is 1. The molecule has 3 aromatic rings. The molecule has 6 nitrogen and oxygen atoms in total. The highest BCUT2D eigenvalue weighted by molar-refractivity contribution is 7.93. The van der Waals surface area contributed by atoms with Crippen molar-refractivity contribution in [2.45, 2.75) is 18.7 Å². The fraction of sp³-hybridized carbons (Fsp3) is 0.176. The van der Waals surface area contributed by atoms with Crippen LogP contribution in [-0.2, 0) is 10.0 Å². The minimum atomic E-state index is -3.79. The minimum Gasteiger partial charge on any atom is -0.492 e. The smallest absolute Gasteiger partial charge is 0.263 e. The summed E-state index contributed by atoms with van der Waals surface area (Å²) in [5.41, 5.74) is 1.47. The average Bonchev–Trinajstić information content (AvgIpc) is 2.57. The number of anilines is 1. The first-order chi connectivity index (χ1) is 11.5. The summed E-state index contributed by atoms with van der Waals surface area (Å²) in [6.07, 6.45) is 3.21. The fourth-order valence-electron chi connectivity index (χ4n) is 2.35. The Hall–Kier alpha value is -2.67. The van der Waals surface area contributed by atoms with Crippen LogP contribution in [0, 0.1) is 6.92 Å². The molecular weight excluding hydrogens is 326 g/mol. The van der Waals surface area contributed by atoms with E-state index in [1.165, 1.54) is 6.07 Å². The first-order valence-corrected chi connectivity index (χ1v) is 8.95. The first kappa shape index (κ1) is 16.2. The Morgan fingerprint density at radius 2 is 1.96 bits per heavy atom. The zero-order valence-electron chi connectivity index (χ0n) is 13.4. The van der Waals surface area contributed by atoms with E-state index in [1.54, 1.807) is 42.7 Å². The maximum atomic E-state index is 12.7. The van der Waals surface area contributed by atoms with Crippen molar-refractivity contribution in [3.05, 3.63) is 54.4 Å². The van der Waals surface area contributed by atoms with Crippen LogP contribution in [0.1, 0.15) is 12.5 Å². The molecule has 0 aliphatic rings. The molecule has 24 heavy (non-hydrogen) atoms. The lowest BCUT2D eigenvalue weighted by atomic mass is 10.2. The Labute approximate surface area is 140 Å². The van der Waals surface area contributed by atoms with Gasteiger partial charge in [-0.2, -0.15) is 0 Å².